The second-order valence-electron chi connectivity index (χ2n) is 14.5. The maximum absolute atomic E-state index is 5.59. The highest BCUT2D eigenvalue weighted by Gasteiger charge is 2.24. The molecule has 0 fully saturated rings. The molecule has 0 bridgehead atoms. The van der Waals surface area contributed by atoms with Crippen LogP contribution in [0.5, 0.6) is 0 Å². The molecule has 1 aliphatic carbocycles. The highest BCUT2D eigenvalue weighted by Crippen LogP contribution is 2.46. The number of para-hydroxylation sites is 1. The van der Waals surface area contributed by atoms with Crippen LogP contribution in [0.1, 0.15) is 11.1 Å². The Morgan fingerprint density at radius 2 is 1.26 bits per heavy atom. The number of aromatic nitrogens is 3. The molecule has 13 rings (SSSR count). The van der Waals surface area contributed by atoms with Crippen molar-refractivity contribution in [2.24, 2.45) is 0 Å². The molecule has 0 unspecified atom stereocenters. The molecule has 0 radical (unpaired) electrons. The van der Waals surface area contributed by atoms with Crippen LogP contribution in [0.2, 0.25) is 0 Å². The van der Waals surface area contributed by atoms with Crippen molar-refractivity contribution in [3.05, 3.63) is 163 Å². The molecule has 250 valence electrons. The molecular formula is C49H27N3S2. The van der Waals surface area contributed by atoms with Gasteiger partial charge in [0, 0.05) is 46.6 Å². The van der Waals surface area contributed by atoms with Gasteiger partial charge in [-0.05, 0) is 92.7 Å². The summed E-state index contributed by atoms with van der Waals surface area (Å²) in [5, 5.41) is 11.1. The molecule has 0 spiro atoms. The Hall–Kier alpha value is -6.40. The number of thiophene rings is 2. The lowest BCUT2D eigenvalue weighted by Gasteiger charge is -2.12. The Bertz CT molecular complexity index is 3600. The monoisotopic (exact) mass is 721 g/mol. The molecule has 3 nitrogen and oxygen atoms in total. The maximum atomic E-state index is 5.59. The predicted octanol–water partition coefficient (Wildman–Crippen LogP) is 13.9. The molecule has 0 saturated carbocycles. The number of hydrogen-bond donors (Lipinski definition) is 0. The first-order valence-electron chi connectivity index (χ1n) is 18.4. The van der Waals surface area contributed by atoms with Gasteiger partial charge in [0.2, 0.25) is 5.95 Å². The minimum absolute atomic E-state index is 0.692. The highest BCUT2D eigenvalue weighted by atomic mass is 32.1. The zero-order chi connectivity index (χ0) is 35.1. The van der Waals surface area contributed by atoms with Gasteiger partial charge in [0.25, 0.3) is 0 Å². The zero-order valence-electron chi connectivity index (χ0n) is 28.8. The van der Waals surface area contributed by atoms with E-state index in [1.165, 1.54) is 84.8 Å². The van der Waals surface area contributed by atoms with Crippen molar-refractivity contribution >= 4 is 106 Å². The quantitative estimate of drug-likeness (QED) is 0.178. The SMILES string of the molecule is c1ccc2c(c1)Cc1ccc3cc4c(cc3c1-2)c1ccccc1n4-c1nc(-c2ccc3sc4ccccc4c3c2)c2sc3ccc4ccccc4c3c2n1. The molecule has 12 aromatic rings. The van der Waals surface area contributed by atoms with Gasteiger partial charge < -0.3 is 0 Å². The third-order valence-corrected chi connectivity index (χ3v) is 13.9. The largest absolute Gasteiger partial charge is 0.278 e. The summed E-state index contributed by atoms with van der Waals surface area (Å²) < 4.78 is 7.24. The number of nitrogens with zero attached hydrogens (tertiary/aromatic N) is 3. The lowest BCUT2D eigenvalue weighted by molar-refractivity contribution is 1.02. The van der Waals surface area contributed by atoms with E-state index in [9.17, 15) is 0 Å². The minimum atomic E-state index is 0.692. The molecule has 1 aliphatic rings. The van der Waals surface area contributed by atoms with Gasteiger partial charge in [-0.1, -0.05) is 109 Å². The Labute approximate surface area is 317 Å². The molecule has 0 amide bonds. The Morgan fingerprint density at radius 1 is 0.481 bits per heavy atom. The second kappa shape index (κ2) is 10.6. The average molecular weight is 722 g/mol. The summed E-state index contributed by atoms with van der Waals surface area (Å²) in [6.07, 6.45) is 0.980. The van der Waals surface area contributed by atoms with Crippen LogP contribution in [0.4, 0.5) is 0 Å². The first-order valence-corrected chi connectivity index (χ1v) is 20.0. The van der Waals surface area contributed by atoms with Gasteiger partial charge in [-0.15, -0.1) is 22.7 Å². The van der Waals surface area contributed by atoms with Crippen molar-refractivity contribution in [3.63, 3.8) is 0 Å². The first-order chi connectivity index (χ1) is 26.7. The summed E-state index contributed by atoms with van der Waals surface area (Å²) in [5.74, 6) is 0.692. The van der Waals surface area contributed by atoms with Crippen molar-refractivity contribution in [2.75, 3.05) is 0 Å². The summed E-state index contributed by atoms with van der Waals surface area (Å²) in [4.78, 5) is 11.2. The van der Waals surface area contributed by atoms with Crippen LogP contribution in [0.3, 0.4) is 0 Å². The van der Waals surface area contributed by atoms with Crippen LogP contribution in [-0.2, 0) is 6.42 Å². The molecule has 4 heterocycles. The van der Waals surface area contributed by atoms with Crippen LogP contribution < -0.4 is 0 Å². The molecule has 5 heteroatoms. The topological polar surface area (TPSA) is 30.7 Å². The predicted molar refractivity (Wildman–Crippen MR) is 231 cm³/mol. The summed E-state index contributed by atoms with van der Waals surface area (Å²) in [5.41, 5.74) is 10.8. The molecule has 8 aromatic carbocycles. The third kappa shape index (κ3) is 3.90. The minimum Gasteiger partial charge on any atom is -0.278 e. The van der Waals surface area contributed by atoms with E-state index in [2.05, 4.69) is 156 Å². The molecule has 54 heavy (non-hydrogen) atoms. The van der Waals surface area contributed by atoms with Crippen molar-refractivity contribution in [1.29, 1.82) is 0 Å². The zero-order valence-corrected chi connectivity index (χ0v) is 30.4. The Balaban J connectivity index is 1.15. The fourth-order valence-electron chi connectivity index (χ4n) is 9.20. The van der Waals surface area contributed by atoms with E-state index in [-0.39, 0.29) is 0 Å². The third-order valence-electron chi connectivity index (χ3n) is 11.6. The van der Waals surface area contributed by atoms with Gasteiger partial charge in [-0.3, -0.25) is 4.57 Å². The summed E-state index contributed by atoms with van der Waals surface area (Å²) >= 11 is 3.65. The molecule has 0 saturated heterocycles. The fraction of sp³-hybridized carbons (Fsp3) is 0.0204. The van der Waals surface area contributed by atoms with E-state index in [1.807, 2.05) is 11.3 Å². The van der Waals surface area contributed by atoms with Gasteiger partial charge in [0.15, 0.2) is 0 Å². The second-order valence-corrected chi connectivity index (χ2v) is 16.6. The van der Waals surface area contributed by atoms with Gasteiger partial charge in [-0.2, -0.15) is 0 Å². The summed E-state index contributed by atoms with van der Waals surface area (Å²) in [6.45, 7) is 0. The highest BCUT2D eigenvalue weighted by molar-refractivity contribution is 7.26. The molecular weight excluding hydrogens is 695 g/mol. The van der Waals surface area contributed by atoms with E-state index in [1.54, 1.807) is 11.3 Å². The van der Waals surface area contributed by atoms with Gasteiger partial charge in [0.1, 0.15) is 0 Å². The number of fused-ring (bicyclic) bond motifs is 16. The van der Waals surface area contributed by atoms with E-state index < -0.39 is 0 Å². The normalized spacial score (nSPS) is 12.7. The molecule has 0 atom stereocenters. The van der Waals surface area contributed by atoms with Crippen molar-refractivity contribution in [1.82, 2.24) is 14.5 Å². The average Bonchev–Trinajstić information content (AvgIpc) is 3.98. The Morgan fingerprint density at radius 3 is 2.22 bits per heavy atom. The van der Waals surface area contributed by atoms with E-state index >= 15 is 0 Å². The van der Waals surface area contributed by atoms with Gasteiger partial charge >= 0.3 is 0 Å². The van der Waals surface area contributed by atoms with Crippen molar-refractivity contribution in [3.8, 4) is 28.3 Å². The summed E-state index contributed by atoms with van der Waals surface area (Å²) in [7, 11) is 0. The number of hydrogen-bond acceptors (Lipinski definition) is 4. The van der Waals surface area contributed by atoms with E-state index in [4.69, 9.17) is 9.97 Å². The van der Waals surface area contributed by atoms with Crippen LogP contribution in [0.25, 0.3) is 112 Å². The Kier molecular flexibility index (Phi) is 5.71. The van der Waals surface area contributed by atoms with Gasteiger partial charge in [-0.25, -0.2) is 9.97 Å². The van der Waals surface area contributed by atoms with Crippen LogP contribution in [-0.4, -0.2) is 14.5 Å². The number of benzene rings is 8. The molecule has 0 aliphatic heterocycles. The van der Waals surface area contributed by atoms with Crippen LogP contribution in [0.15, 0.2) is 152 Å². The summed E-state index contributed by atoms with van der Waals surface area (Å²) in [6, 6.07) is 55.8. The number of rotatable bonds is 2. The molecule has 0 N–H and O–H groups in total. The van der Waals surface area contributed by atoms with Crippen molar-refractivity contribution < 1.29 is 0 Å². The maximum Gasteiger partial charge on any atom is 0.235 e. The van der Waals surface area contributed by atoms with Crippen molar-refractivity contribution in [2.45, 2.75) is 6.42 Å². The first kappa shape index (κ1) is 29.1. The standard InChI is InChI=1S/C49H27N3S2/c1-3-11-32-27(9-1)19-22-43-45(32)47-48(54-43)46(31-20-21-42-38(24-31)35-14-6-8-16-41(35)53-42)50-49(51-47)52-39-15-7-5-13-34(39)37-26-36-29(25-40(37)52)17-18-30-23-28-10-2-4-12-33(28)44(30)36/h1-22,24-26H,23H2. The molecule has 4 aromatic heterocycles. The van der Waals surface area contributed by atoms with E-state index in [0.717, 1.165) is 38.9 Å². The lowest BCUT2D eigenvalue weighted by atomic mass is 9.96. The van der Waals surface area contributed by atoms with Gasteiger partial charge in [0.05, 0.1) is 26.9 Å². The van der Waals surface area contributed by atoms with E-state index in [0.29, 0.717) is 5.95 Å². The fourth-order valence-corrected chi connectivity index (χ4v) is 11.5. The van der Waals surface area contributed by atoms with Crippen LogP contribution in [0, 0.1) is 0 Å². The lowest BCUT2D eigenvalue weighted by Crippen LogP contribution is -2.02. The smallest absolute Gasteiger partial charge is 0.235 e. The van der Waals surface area contributed by atoms with Crippen LogP contribution >= 0.6 is 22.7 Å².